The summed E-state index contributed by atoms with van der Waals surface area (Å²) in [5.41, 5.74) is 0.492. The molecule has 0 aromatic heterocycles. The van der Waals surface area contributed by atoms with Gasteiger partial charge < -0.3 is 5.11 Å². The molecule has 0 aliphatic carbocycles. The van der Waals surface area contributed by atoms with E-state index in [2.05, 4.69) is 9.71 Å². The predicted octanol–water partition coefficient (Wildman–Crippen LogP) is 1.47. The first-order valence-electron chi connectivity index (χ1n) is 6.70. The highest BCUT2D eigenvalue weighted by atomic mass is 32.2. The van der Waals surface area contributed by atoms with Crippen LogP contribution in [0.1, 0.15) is 25.8 Å². The standard InChI is InChI=1S/C14H18N2O4S/c1-9(2)7-10(14(17)18)8-15-13-11-5-3-4-6-12(11)21(19,20)16-13/h3-6,9-10H,7-8H2,1-2H3,(H,15,16)(H,17,18). The number of sulfonamides is 1. The van der Waals surface area contributed by atoms with Crippen LogP contribution in [0.4, 0.5) is 0 Å². The molecule has 7 heteroatoms. The third kappa shape index (κ3) is 3.41. The van der Waals surface area contributed by atoms with Gasteiger partial charge in [-0.25, -0.2) is 8.42 Å². The van der Waals surface area contributed by atoms with Crippen LogP contribution < -0.4 is 4.72 Å². The second kappa shape index (κ2) is 5.85. The molecular formula is C14H18N2O4S. The molecule has 21 heavy (non-hydrogen) atoms. The monoisotopic (exact) mass is 310 g/mol. The molecule has 1 aliphatic rings. The van der Waals surface area contributed by atoms with Crippen LogP contribution in [-0.2, 0) is 14.8 Å². The maximum atomic E-state index is 11.9. The summed E-state index contributed by atoms with van der Waals surface area (Å²) in [6.45, 7) is 3.94. The van der Waals surface area contributed by atoms with E-state index in [1.807, 2.05) is 13.8 Å². The SMILES string of the molecule is CC(C)CC(CN=C1NS(=O)(=O)c2ccccc21)C(=O)O. The quantitative estimate of drug-likeness (QED) is 0.861. The summed E-state index contributed by atoms with van der Waals surface area (Å²) in [6.07, 6.45) is 0.501. The minimum absolute atomic E-state index is 0.0553. The van der Waals surface area contributed by atoms with Gasteiger partial charge in [0.15, 0.2) is 0 Å². The largest absolute Gasteiger partial charge is 0.481 e. The zero-order chi connectivity index (χ0) is 15.6. The first-order chi connectivity index (χ1) is 9.81. The highest BCUT2D eigenvalue weighted by Gasteiger charge is 2.30. The molecule has 0 bridgehead atoms. The van der Waals surface area contributed by atoms with E-state index in [0.29, 0.717) is 12.0 Å². The van der Waals surface area contributed by atoms with Gasteiger partial charge in [-0.2, -0.15) is 0 Å². The Labute approximate surface area is 124 Å². The zero-order valence-electron chi connectivity index (χ0n) is 11.9. The van der Waals surface area contributed by atoms with Crippen LogP contribution in [0.25, 0.3) is 0 Å². The number of aliphatic carboxylic acids is 1. The Morgan fingerprint density at radius 1 is 1.33 bits per heavy atom. The molecule has 0 saturated heterocycles. The van der Waals surface area contributed by atoms with E-state index in [0.717, 1.165) is 0 Å². The van der Waals surface area contributed by atoms with Crippen molar-refractivity contribution in [3.05, 3.63) is 29.8 Å². The number of amidine groups is 1. The lowest BCUT2D eigenvalue weighted by molar-refractivity contribution is -0.141. The number of hydrogen-bond donors (Lipinski definition) is 2. The summed E-state index contributed by atoms with van der Waals surface area (Å²) in [7, 11) is -3.57. The molecule has 0 amide bonds. The Morgan fingerprint density at radius 3 is 2.62 bits per heavy atom. The maximum absolute atomic E-state index is 11.9. The number of rotatable bonds is 5. The molecule has 1 aromatic rings. The summed E-state index contributed by atoms with van der Waals surface area (Å²) in [4.78, 5) is 15.6. The minimum Gasteiger partial charge on any atom is -0.481 e. The number of carboxylic acids is 1. The lowest BCUT2D eigenvalue weighted by Gasteiger charge is -2.12. The summed E-state index contributed by atoms with van der Waals surface area (Å²) >= 11 is 0. The van der Waals surface area contributed by atoms with Gasteiger partial charge in [0.2, 0.25) is 0 Å². The van der Waals surface area contributed by atoms with Gasteiger partial charge in [0.25, 0.3) is 10.0 Å². The highest BCUT2D eigenvalue weighted by Crippen LogP contribution is 2.22. The van der Waals surface area contributed by atoms with Gasteiger partial charge in [0.1, 0.15) is 5.84 Å². The molecule has 114 valence electrons. The van der Waals surface area contributed by atoms with E-state index in [1.54, 1.807) is 18.2 Å². The first-order valence-corrected chi connectivity index (χ1v) is 8.19. The van der Waals surface area contributed by atoms with Crippen molar-refractivity contribution >= 4 is 21.8 Å². The van der Waals surface area contributed by atoms with Crippen molar-refractivity contribution in [3.63, 3.8) is 0 Å². The third-order valence-electron chi connectivity index (χ3n) is 3.24. The topological polar surface area (TPSA) is 95.8 Å². The van der Waals surface area contributed by atoms with Crippen molar-refractivity contribution in [1.29, 1.82) is 0 Å². The number of aliphatic imine (C=N–C) groups is 1. The van der Waals surface area contributed by atoms with E-state index in [4.69, 9.17) is 0 Å². The summed E-state index contributed by atoms with van der Waals surface area (Å²) < 4.78 is 26.2. The van der Waals surface area contributed by atoms with E-state index in [-0.39, 0.29) is 23.2 Å². The van der Waals surface area contributed by atoms with Crippen molar-refractivity contribution in [1.82, 2.24) is 4.72 Å². The average molecular weight is 310 g/mol. The average Bonchev–Trinajstić information content (AvgIpc) is 2.66. The molecule has 1 aromatic carbocycles. The second-order valence-electron chi connectivity index (χ2n) is 5.46. The molecule has 2 N–H and O–H groups in total. The van der Waals surface area contributed by atoms with E-state index in [1.165, 1.54) is 6.07 Å². The van der Waals surface area contributed by atoms with Crippen LogP contribution in [0.15, 0.2) is 34.2 Å². The van der Waals surface area contributed by atoms with Gasteiger partial charge in [-0.1, -0.05) is 26.0 Å². The summed E-state index contributed by atoms with van der Waals surface area (Å²) in [6, 6.07) is 6.52. The van der Waals surface area contributed by atoms with Crippen LogP contribution in [0.2, 0.25) is 0 Å². The molecule has 1 atom stereocenters. The fourth-order valence-electron chi connectivity index (χ4n) is 2.28. The Balaban J connectivity index is 2.25. The number of nitrogens with one attached hydrogen (secondary N) is 1. The van der Waals surface area contributed by atoms with Crippen LogP contribution >= 0.6 is 0 Å². The van der Waals surface area contributed by atoms with Gasteiger partial charge in [-0.05, 0) is 24.5 Å². The number of fused-ring (bicyclic) bond motifs is 1. The van der Waals surface area contributed by atoms with Gasteiger partial charge >= 0.3 is 5.97 Å². The number of benzene rings is 1. The first kappa shape index (κ1) is 15.5. The number of hydrogen-bond acceptors (Lipinski definition) is 4. The summed E-state index contributed by atoms with van der Waals surface area (Å²) in [5, 5.41) is 9.19. The minimum atomic E-state index is -3.57. The Bertz CT molecular complexity index is 680. The fourth-order valence-corrected chi connectivity index (χ4v) is 3.53. The van der Waals surface area contributed by atoms with Crippen molar-refractivity contribution in [2.45, 2.75) is 25.2 Å². The third-order valence-corrected chi connectivity index (χ3v) is 4.63. The maximum Gasteiger partial charge on any atom is 0.308 e. The lowest BCUT2D eigenvalue weighted by atomic mass is 9.97. The smallest absolute Gasteiger partial charge is 0.308 e. The van der Waals surface area contributed by atoms with Crippen molar-refractivity contribution in [3.8, 4) is 0 Å². The molecule has 1 aliphatic heterocycles. The van der Waals surface area contributed by atoms with E-state index >= 15 is 0 Å². The van der Waals surface area contributed by atoms with Crippen molar-refractivity contribution in [2.24, 2.45) is 16.8 Å². The Kier molecular flexibility index (Phi) is 4.32. The Hall–Kier alpha value is -1.89. The predicted molar refractivity (Wildman–Crippen MR) is 78.7 cm³/mol. The molecular weight excluding hydrogens is 292 g/mol. The lowest BCUT2D eigenvalue weighted by Crippen LogP contribution is -2.25. The van der Waals surface area contributed by atoms with Crippen LogP contribution in [-0.4, -0.2) is 31.9 Å². The number of carboxylic acid groups (broad SMARTS) is 1. The van der Waals surface area contributed by atoms with Crippen molar-refractivity contribution in [2.75, 3.05) is 6.54 Å². The van der Waals surface area contributed by atoms with Gasteiger partial charge in [0, 0.05) is 5.56 Å². The van der Waals surface area contributed by atoms with Gasteiger partial charge in [0.05, 0.1) is 17.4 Å². The van der Waals surface area contributed by atoms with Crippen molar-refractivity contribution < 1.29 is 18.3 Å². The van der Waals surface area contributed by atoms with Crippen LogP contribution in [0.3, 0.4) is 0 Å². The number of carbonyl (C=O) groups is 1. The van der Waals surface area contributed by atoms with E-state index in [9.17, 15) is 18.3 Å². The molecule has 0 fully saturated rings. The molecule has 1 heterocycles. The highest BCUT2D eigenvalue weighted by molar-refractivity contribution is 7.90. The molecule has 0 saturated carbocycles. The van der Waals surface area contributed by atoms with Crippen LogP contribution in [0.5, 0.6) is 0 Å². The molecule has 6 nitrogen and oxygen atoms in total. The van der Waals surface area contributed by atoms with E-state index < -0.39 is 21.9 Å². The normalized spacial score (nSPS) is 19.3. The van der Waals surface area contributed by atoms with Gasteiger partial charge in [-0.3, -0.25) is 14.5 Å². The molecule has 2 rings (SSSR count). The molecule has 1 unspecified atom stereocenters. The molecule has 0 radical (unpaired) electrons. The van der Waals surface area contributed by atoms with Crippen LogP contribution in [0, 0.1) is 11.8 Å². The number of nitrogens with zero attached hydrogens (tertiary/aromatic N) is 1. The van der Waals surface area contributed by atoms with Gasteiger partial charge in [-0.15, -0.1) is 0 Å². The fraction of sp³-hybridized carbons (Fsp3) is 0.429. The molecule has 0 spiro atoms. The Morgan fingerprint density at radius 2 is 2.00 bits per heavy atom. The summed E-state index contributed by atoms with van der Waals surface area (Å²) in [5.74, 6) is -1.07. The second-order valence-corrected chi connectivity index (χ2v) is 7.11. The zero-order valence-corrected chi connectivity index (χ0v) is 12.7.